The van der Waals surface area contributed by atoms with Crippen molar-refractivity contribution in [1.82, 2.24) is 4.90 Å². The molecule has 1 amide bonds. The molecule has 3 heteroatoms. The van der Waals surface area contributed by atoms with Gasteiger partial charge in [0, 0.05) is 12.1 Å². The third kappa shape index (κ3) is 14.3. The second kappa shape index (κ2) is 16.9. The van der Waals surface area contributed by atoms with Gasteiger partial charge < -0.3 is 9.64 Å². The van der Waals surface area contributed by atoms with E-state index in [0.717, 1.165) is 13.0 Å². The number of ether oxygens (including phenoxy) is 1. The first kappa shape index (κ1) is 29.3. The highest BCUT2D eigenvalue weighted by Crippen LogP contribution is 2.26. The highest BCUT2D eigenvalue weighted by Gasteiger charge is 2.33. The van der Waals surface area contributed by atoms with Crippen molar-refractivity contribution in [2.24, 2.45) is 17.8 Å². The summed E-state index contributed by atoms with van der Waals surface area (Å²) in [6.45, 7) is 19.1. The Morgan fingerprint density at radius 3 is 1.77 bits per heavy atom. The van der Waals surface area contributed by atoms with Crippen LogP contribution < -0.4 is 0 Å². The van der Waals surface area contributed by atoms with Crippen molar-refractivity contribution in [3.8, 4) is 0 Å². The van der Waals surface area contributed by atoms with E-state index in [1.807, 2.05) is 4.90 Å². The molecule has 0 aromatic carbocycles. The van der Waals surface area contributed by atoms with Gasteiger partial charge in [-0.3, -0.25) is 0 Å². The van der Waals surface area contributed by atoms with Gasteiger partial charge in [-0.05, 0) is 50.9 Å². The Morgan fingerprint density at radius 1 is 0.800 bits per heavy atom. The Morgan fingerprint density at radius 2 is 1.30 bits per heavy atom. The lowest BCUT2D eigenvalue weighted by Crippen LogP contribution is -2.50. The molecule has 0 aliphatic carbocycles. The van der Waals surface area contributed by atoms with Crippen LogP contribution in [0.15, 0.2) is 0 Å². The van der Waals surface area contributed by atoms with Gasteiger partial charge in [0.1, 0.15) is 0 Å². The summed E-state index contributed by atoms with van der Waals surface area (Å²) in [5, 5.41) is 0. The summed E-state index contributed by atoms with van der Waals surface area (Å²) in [4.78, 5) is 15.1. The maximum absolute atomic E-state index is 13.1. The molecular weight excluding hydrogens is 370 g/mol. The van der Waals surface area contributed by atoms with E-state index in [1.54, 1.807) is 0 Å². The van der Waals surface area contributed by atoms with Gasteiger partial charge in [-0.25, -0.2) is 4.79 Å². The number of amides is 1. The molecule has 0 radical (unpaired) electrons. The van der Waals surface area contributed by atoms with E-state index in [-0.39, 0.29) is 11.6 Å². The average Bonchev–Trinajstić information content (AvgIpc) is 2.65. The van der Waals surface area contributed by atoms with Crippen LogP contribution >= 0.6 is 0 Å². The van der Waals surface area contributed by atoms with E-state index >= 15 is 0 Å². The Balaban J connectivity index is 4.84. The molecule has 0 spiro atoms. The van der Waals surface area contributed by atoms with Crippen molar-refractivity contribution in [2.75, 3.05) is 13.2 Å². The second-order valence-corrected chi connectivity index (χ2v) is 10.9. The first-order valence-corrected chi connectivity index (χ1v) is 13.1. The normalized spacial score (nSPS) is 13.1. The number of carbonyl (C=O) groups excluding carboxylic acids is 1. The van der Waals surface area contributed by atoms with Crippen LogP contribution in [-0.2, 0) is 4.74 Å². The number of hydrogen-bond donors (Lipinski definition) is 0. The Hall–Kier alpha value is -0.730. The first-order chi connectivity index (χ1) is 14.1. The van der Waals surface area contributed by atoms with Crippen LogP contribution in [0.25, 0.3) is 0 Å². The largest absolute Gasteiger partial charge is 0.449 e. The van der Waals surface area contributed by atoms with Crippen LogP contribution in [0.1, 0.15) is 132 Å². The minimum atomic E-state index is -0.174. The van der Waals surface area contributed by atoms with Crippen molar-refractivity contribution >= 4 is 6.09 Å². The van der Waals surface area contributed by atoms with E-state index in [9.17, 15) is 4.79 Å². The van der Waals surface area contributed by atoms with Crippen LogP contribution in [-0.4, -0.2) is 29.7 Å². The first-order valence-electron chi connectivity index (χ1n) is 13.1. The number of rotatable bonds is 18. The molecule has 0 aromatic heterocycles. The summed E-state index contributed by atoms with van der Waals surface area (Å²) in [5.41, 5.74) is -0.174. The minimum Gasteiger partial charge on any atom is -0.449 e. The van der Waals surface area contributed by atoms with Gasteiger partial charge in [0.25, 0.3) is 0 Å². The highest BCUT2D eigenvalue weighted by atomic mass is 16.6. The highest BCUT2D eigenvalue weighted by molar-refractivity contribution is 5.68. The fourth-order valence-electron chi connectivity index (χ4n) is 4.52. The molecule has 3 nitrogen and oxygen atoms in total. The fourth-order valence-corrected chi connectivity index (χ4v) is 4.52. The maximum atomic E-state index is 13.1. The van der Waals surface area contributed by atoms with E-state index < -0.39 is 0 Å². The van der Waals surface area contributed by atoms with Gasteiger partial charge in [0.05, 0.1) is 6.61 Å². The minimum absolute atomic E-state index is 0.112. The molecule has 180 valence electrons. The molecule has 0 aromatic rings. The van der Waals surface area contributed by atoms with Crippen LogP contribution in [0.4, 0.5) is 4.79 Å². The zero-order valence-electron chi connectivity index (χ0n) is 21.9. The fraction of sp³-hybridized carbons (Fsp3) is 0.963. The quantitative estimate of drug-likeness (QED) is 0.205. The molecular formula is C27H55NO2. The van der Waals surface area contributed by atoms with E-state index in [2.05, 4.69) is 55.4 Å². The number of nitrogens with zero attached hydrogens (tertiary/aromatic N) is 1. The smallest absolute Gasteiger partial charge is 0.410 e. The third-order valence-electron chi connectivity index (χ3n) is 6.03. The van der Waals surface area contributed by atoms with Crippen molar-refractivity contribution in [3.63, 3.8) is 0 Å². The SMILES string of the molecule is CCCCCCCC(CCCCCC)COC(=O)N(CC(C)C)C(C)(C)CC(C)C. The molecule has 30 heavy (non-hydrogen) atoms. The van der Waals surface area contributed by atoms with Gasteiger partial charge >= 0.3 is 6.09 Å². The van der Waals surface area contributed by atoms with Crippen molar-refractivity contribution in [3.05, 3.63) is 0 Å². The third-order valence-corrected chi connectivity index (χ3v) is 6.03. The molecule has 0 saturated heterocycles. The van der Waals surface area contributed by atoms with Gasteiger partial charge in [-0.1, -0.05) is 99.3 Å². The lowest BCUT2D eigenvalue weighted by Gasteiger charge is -2.40. The van der Waals surface area contributed by atoms with Crippen LogP contribution in [0.3, 0.4) is 0 Å². The molecule has 0 aliphatic heterocycles. The Bertz CT molecular complexity index is 417. The monoisotopic (exact) mass is 425 g/mol. The molecule has 0 aliphatic rings. The zero-order valence-corrected chi connectivity index (χ0v) is 21.9. The summed E-state index contributed by atoms with van der Waals surface area (Å²) < 4.78 is 5.96. The van der Waals surface area contributed by atoms with Gasteiger partial charge in [0.15, 0.2) is 0 Å². The number of unbranched alkanes of at least 4 members (excludes halogenated alkanes) is 7. The van der Waals surface area contributed by atoms with Crippen molar-refractivity contribution < 1.29 is 9.53 Å². The molecule has 1 unspecified atom stereocenters. The predicted molar refractivity (Wildman–Crippen MR) is 132 cm³/mol. The molecule has 0 fully saturated rings. The lowest BCUT2D eigenvalue weighted by atomic mass is 9.90. The molecule has 0 heterocycles. The molecule has 0 N–H and O–H groups in total. The number of carbonyl (C=O) groups is 1. The molecule has 0 saturated carbocycles. The van der Waals surface area contributed by atoms with Crippen molar-refractivity contribution in [2.45, 2.75) is 138 Å². The van der Waals surface area contributed by atoms with E-state index in [1.165, 1.54) is 70.6 Å². The summed E-state index contributed by atoms with van der Waals surface area (Å²) in [5.74, 6) is 1.51. The summed E-state index contributed by atoms with van der Waals surface area (Å²) in [7, 11) is 0. The second-order valence-electron chi connectivity index (χ2n) is 10.9. The van der Waals surface area contributed by atoms with Crippen LogP contribution in [0.5, 0.6) is 0 Å². The maximum Gasteiger partial charge on any atom is 0.410 e. The number of hydrogen-bond acceptors (Lipinski definition) is 2. The summed E-state index contributed by atoms with van der Waals surface area (Å²) in [6.07, 6.45) is 15.0. The molecule has 0 bridgehead atoms. The molecule has 0 rings (SSSR count). The van der Waals surface area contributed by atoms with Gasteiger partial charge in [0.2, 0.25) is 0 Å². The Kier molecular flexibility index (Phi) is 16.5. The standard InChI is InChI=1S/C27H55NO2/c1-9-11-13-15-17-19-25(18-16-14-12-10-2)22-30-26(29)28(21-24(5)6)27(7,8)20-23(3)4/h23-25H,9-22H2,1-8H3. The lowest BCUT2D eigenvalue weighted by molar-refractivity contribution is 0.0371. The predicted octanol–water partition coefficient (Wildman–Crippen LogP) is 8.85. The van der Waals surface area contributed by atoms with Crippen molar-refractivity contribution in [1.29, 1.82) is 0 Å². The van der Waals surface area contributed by atoms with Crippen LogP contribution in [0.2, 0.25) is 0 Å². The summed E-state index contributed by atoms with van der Waals surface area (Å²) >= 11 is 0. The topological polar surface area (TPSA) is 29.5 Å². The molecule has 1 atom stereocenters. The Labute approximate surface area is 189 Å². The van der Waals surface area contributed by atoms with Crippen LogP contribution in [0, 0.1) is 17.8 Å². The summed E-state index contributed by atoms with van der Waals surface area (Å²) in [6, 6.07) is 0. The van der Waals surface area contributed by atoms with Gasteiger partial charge in [-0.15, -0.1) is 0 Å². The zero-order chi connectivity index (χ0) is 23.0. The van der Waals surface area contributed by atoms with E-state index in [4.69, 9.17) is 4.74 Å². The van der Waals surface area contributed by atoms with E-state index in [0.29, 0.717) is 24.4 Å². The average molecular weight is 426 g/mol. The van der Waals surface area contributed by atoms with Gasteiger partial charge in [-0.2, -0.15) is 0 Å².